The van der Waals surface area contributed by atoms with Crippen LogP contribution >= 0.6 is 0 Å². The number of nitrogens with zero attached hydrogens (tertiary/aromatic N) is 1. The number of piperidine rings is 1. The van der Waals surface area contributed by atoms with Gasteiger partial charge in [0.25, 0.3) is 0 Å². The topological polar surface area (TPSA) is 29.3 Å². The molecule has 2 aliphatic rings. The van der Waals surface area contributed by atoms with E-state index < -0.39 is 0 Å². The molecule has 0 amide bonds. The highest BCUT2D eigenvalue weighted by molar-refractivity contribution is 4.98. The Labute approximate surface area is 87.8 Å². The van der Waals surface area contributed by atoms with Crippen molar-refractivity contribution in [1.29, 1.82) is 0 Å². The number of hydrogen-bond donors (Lipinski definition) is 1. The third-order valence-electron chi connectivity index (χ3n) is 4.28. The van der Waals surface area contributed by atoms with Gasteiger partial charge in [-0.3, -0.25) is 4.90 Å². The molecule has 2 heteroatoms. The Morgan fingerprint density at radius 2 is 1.79 bits per heavy atom. The van der Waals surface area contributed by atoms with Crippen LogP contribution in [0.5, 0.6) is 0 Å². The first-order chi connectivity index (χ1) is 6.67. The Morgan fingerprint density at radius 3 is 2.21 bits per heavy atom. The first kappa shape index (κ1) is 10.4. The Kier molecular flexibility index (Phi) is 2.85. The molecule has 0 aromatic rings. The van der Waals surface area contributed by atoms with E-state index in [1.807, 2.05) is 0 Å². The van der Waals surface area contributed by atoms with Crippen molar-refractivity contribution in [2.24, 2.45) is 11.1 Å². The molecular weight excluding hydrogens is 172 g/mol. The van der Waals surface area contributed by atoms with E-state index in [0.717, 1.165) is 18.6 Å². The molecule has 2 unspecified atom stereocenters. The highest BCUT2D eigenvalue weighted by Gasteiger charge is 2.44. The van der Waals surface area contributed by atoms with Crippen LogP contribution in [0.2, 0.25) is 0 Å². The van der Waals surface area contributed by atoms with Gasteiger partial charge in [-0.2, -0.15) is 0 Å². The molecule has 0 radical (unpaired) electrons. The zero-order chi connectivity index (χ0) is 10.2. The first-order valence-corrected chi connectivity index (χ1v) is 6.13. The molecule has 2 N–H and O–H groups in total. The molecule has 0 aromatic carbocycles. The quantitative estimate of drug-likeness (QED) is 0.748. The molecule has 0 aromatic heterocycles. The largest absolute Gasteiger partial charge is 0.330 e. The van der Waals surface area contributed by atoms with Gasteiger partial charge in [0.05, 0.1) is 0 Å². The molecule has 14 heavy (non-hydrogen) atoms. The molecule has 0 bridgehead atoms. The van der Waals surface area contributed by atoms with Gasteiger partial charge in [-0.1, -0.05) is 6.42 Å². The lowest BCUT2D eigenvalue weighted by molar-refractivity contribution is 0.0799. The Balaban J connectivity index is 1.94. The molecule has 2 atom stereocenters. The molecule has 2 rings (SSSR count). The van der Waals surface area contributed by atoms with Crippen LogP contribution < -0.4 is 5.73 Å². The molecule has 0 spiro atoms. The van der Waals surface area contributed by atoms with Gasteiger partial charge >= 0.3 is 0 Å². The molecule has 1 aliphatic heterocycles. The lowest BCUT2D eigenvalue weighted by atomic mass is 9.95. The normalized spacial score (nSPS) is 37.1. The third kappa shape index (κ3) is 1.96. The van der Waals surface area contributed by atoms with Gasteiger partial charge < -0.3 is 5.73 Å². The van der Waals surface area contributed by atoms with Crippen molar-refractivity contribution in [2.45, 2.75) is 58.0 Å². The lowest BCUT2D eigenvalue weighted by Crippen LogP contribution is -2.47. The van der Waals surface area contributed by atoms with E-state index in [9.17, 15) is 0 Å². The van der Waals surface area contributed by atoms with Crippen molar-refractivity contribution < 1.29 is 0 Å². The SMILES string of the molecule is CC1CCCC(C)N1CC1(CN)CC1. The molecule has 1 aliphatic carbocycles. The molecular formula is C12H24N2. The zero-order valence-corrected chi connectivity index (χ0v) is 9.63. The van der Waals surface area contributed by atoms with Crippen LogP contribution in [0.25, 0.3) is 0 Å². The average molecular weight is 196 g/mol. The van der Waals surface area contributed by atoms with Gasteiger partial charge in [0.2, 0.25) is 0 Å². The summed E-state index contributed by atoms with van der Waals surface area (Å²) in [5.74, 6) is 0. The van der Waals surface area contributed by atoms with E-state index in [1.165, 1.54) is 38.6 Å². The van der Waals surface area contributed by atoms with Crippen molar-refractivity contribution in [3.8, 4) is 0 Å². The number of likely N-dealkylation sites (tertiary alicyclic amines) is 1. The highest BCUT2D eigenvalue weighted by Crippen LogP contribution is 2.46. The van der Waals surface area contributed by atoms with Gasteiger partial charge in [0, 0.05) is 18.6 Å². The Morgan fingerprint density at radius 1 is 1.21 bits per heavy atom. The molecule has 2 fully saturated rings. The van der Waals surface area contributed by atoms with E-state index in [2.05, 4.69) is 18.7 Å². The van der Waals surface area contributed by atoms with Crippen LogP contribution in [0.1, 0.15) is 46.0 Å². The van der Waals surface area contributed by atoms with E-state index in [4.69, 9.17) is 5.73 Å². The van der Waals surface area contributed by atoms with Gasteiger partial charge in [-0.25, -0.2) is 0 Å². The van der Waals surface area contributed by atoms with Crippen molar-refractivity contribution in [3.05, 3.63) is 0 Å². The number of hydrogen-bond acceptors (Lipinski definition) is 2. The minimum absolute atomic E-state index is 0.514. The van der Waals surface area contributed by atoms with Crippen LogP contribution in [-0.4, -0.2) is 30.1 Å². The first-order valence-electron chi connectivity index (χ1n) is 6.13. The Bertz CT molecular complexity index is 188. The average Bonchev–Trinajstić information content (AvgIpc) is 2.93. The smallest absolute Gasteiger partial charge is 0.00700 e. The van der Waals surface area contributed by atoms with Crippen LogP contribution in [0.3, 0.4) is 0 Å². The molecule has 1 saturated carbocycles. The maximum Gasteiger partial charge on any atom is 0.00700 e. The fourth-order valence-electron chi connectivity index (χ4n) is 2.78. The summed E-state index contributed by atoms with van der Waals surface area (Å²) in [6, 6.07) is 1.56. The molecule has 1 saturated heterocycles. The van der Waals surface area contributed by atoms with Crippen LogP contribution in [0.15, 0.2) is 0 Å². The summed E-state index contributed by atoms with van der Waals surface area (Å²) in [5, 5.41) is 0. The molecule has 1 heterocycles. The van der Waals surface area contributed by atoms with Crippen LogP contribution in [0.4, 0.5) is 0 Å². The van der Waals surface area contributed by atoms with Gasteiger partial charge in [0.1, 0.15) is 0 Å². The Hall–Kier alpha value is -0.0800. The number of nitrogens with two attached hydrogens (primary N) is 1. The summed E-state index contributed by atoms with van der Waals surface area (Å²) in [7, 11) is 0. The summed E-state index contributed by atoms with van der Waals surface area (Å²) in [6.07, 6.45) is 6.89. The van der Waals surface area contributed by atoms with E-state index in [-0.39, 0.29) is 0 Å². The summed E-state index contributed by atoms with van der Waals surface area (Å²) in [5.41, 5.74) is 6.36. The van der Waals surface area contributed by atoms with Gasteiger partial charge in [-0.05, 0) is 51.5 Å². The predicted molar refractivity (Wildman–Crippen MR) is 60.2 cm³/mol. The maximum atomic E-state index is 5.85. The van der Waals surface area contributed by atoms with Crippen LogP contribution in [-0.2, 0) is 0 Å². The van der Waals surface area contributed by atoms with Gasteiger partial charge in [0.15, 0.2) is 0 Å². The monoisotopic (exact) mass is 196 g/mol. The zero-order valence-electron chi connectivity index (χ0n) is 9.63. The minimum atomic E-state index is 0.514. The van der Waals surface area contributed by atoms with E-state index in [0.29, 0.717) is 5.41 Å². The van der Waals surface area contributed by atoms with E-state index in [1.54, 1.807) is 0 Å². The van der Waals surface area contributed by atoms with Crippen molar-refractivity contribution >= 4 is 0 Å². The second kappa shape index (κ2) is 3.82. The maximum absolute atomic E-state index is 5.85. The summed E-state index contributed by atoms with van der Waals surface area (Å²) in [4.78, 5) is 2.70. The second-order valence-corrected chi connectivity index (χ2v) is 5.51. The lowest BCUT2D eigenvalue weighted by Gasteiger charge is -2.41. The summed E-state index contributed by atoms with van der Waals surface area (Å²) >= 11 is 0. The standard InChI is InChI=1S/C12H24N2/c1-10-4-3-5-11(2)14(10)9-12(8-13)6-7-12/h10-11H,3-9,13H2,1-2H3. The predicted octanol–water partition coefficient (Wildman–Crippen LogP) is 1.99. The van der Waals surface area contributed by atoms with Crippen LogP contribution in [0, 0.1) is 5.41 Å². The third-order valence-corrected chi connectivity index (χ3v) is 4.28. The summed E-state index contributed by atoms with van der Waals surface area (Å²) < 4.78 is 0. The summed E-state index contributed by atoms with van der Waals surface area (Å²) in [6.45, 7) is 6.90. The van der Waals surface area contributed by atoms with Crippen molar-refractivity contribution in [1.82, 2.24) is 4.90 Å². The molecule has 2 nitrogen and oxygen atoms in total. The number of rotatable bonds is 3. The fourth-order valence-corrected chi connectivity index (χ4v) is 2.78. The highest BCUT2D eigenvalue weighted by atomic mass is 15.2. The fraction of sp³-hybridized carbons (Fsp3) is 1.00. The van der Waals surface area contributed by atoms with Crippen molar-refractivity contribution in [2.75, 3.05) is 13.1 Å². The second-order valence-electron chi connectivity index (χ2n) is 5.51. The molecule has 82 valence electrons. The van der Waals surface area contributed by atoms with Gasteiger partial charge in [-0.15, -0.1) is 0 Å². The van der Waals surface area contributed by atoms with E-state index >= 15 is 0 Å². The minimum Gasteiger partial charge on any atom is -0.330 e. The van der Waals surface area contributed by atoms with Crippen molar-refractivity contribution in [3.63, 3.8) is 0 Å².